The minimum atomic E-state index is 0.443. The molecule has 3 N–H and O–H groups in total. The first-order chi connectivity index (χ1) is 8.93. The largest absolute Gasteiger partial charge is 0.479 e. The summed E-state index contributed by atoms with van der Waals surface area (Å²) < 4.78 is 5.21. The monoisotopic (exact) mass is 267 g/mol. The number of methoxy groups -OCH3 is 1. The van der Waals surface area contributed by atoms with Gasteiger partial charge in [-0.3, -0.25) is 0 Å². The van der Waals surface area contributed by atoms with Gasteiger partial charge in [-0.2, -0.15) is 4.98 Å². The number of nitrogens with zero attached hydrogens (tertiary/aromatic N) is 3. The Labute approximate surface area is 115 Å². The van der Waals surface area contributed by atoms with E-state index in [9.17, 15) is 0 Å². The molecule has 0 amide bonds. The van der Waals surface area contributed by atoms with Crippen molar-refractivity contribution in [2.45, 2.75) is 20.3 Å². The van der Waals surface area contributed by atoms with Crippen LogP contribution in [0.1, 0.15) is 19.7 Å². The van der Waals surface area contributed by atoms with Crippen molar-refractivity contribution < 1.29 is 4.74 Å². The molecule has 108 valence electrons. The van der Waals surface area contributed by atoms with Gasteiger partial charge >= 0.3 is 0 Å². The molecule has 0 aromatic carbocycles. The molecular weight excluding hydrogens is 242 g/mol. The van der Waals surface area contributed by atoms with Crippen molar-refractivity contribution >= 4 is 11.5 Å². The summed E-state index contributed by atoms with van der Waals surface area (Å²) in [6, 6.07) is 0. The van der Waals surface area contributed by atoms with Crippen molar-refractivity contribution in [3.63, 3.8) is 0 Å². The van der Waals surface area contributed by atoms with Crippen LogP contribution in [-0.2, 0) is 6.42 Å². The zero-order chi connectivity index (χ0) is 14.4. The van der Waals surface area contributed by atoms with Gasteiger partial charge in [0, 0.05) is 19.5 Å². The van der Waals surface area contributed by atoms with E-state index in [-0.39, 0.29) is 0 Å². The number of likely N-dealkylation sites (N-methyl/N-ethyl adjacent to an activating group) is 1. The summed E-state index contributed by atoms with van der Waals surface area (Å²) in [4.78, 5) is 10.9. The number of hydrogen-bond donors (Lipinski definition) is 2. The minimum Gasteiger partial charge on any atom is -0.479 e. The highest BCUT2D eigenvalue weighted by Crippen LogP contribution is 2.26. The number of aromatic nitrogens is 2. The van der Waals surface area contributed by atoms with Gasteiger partial charge in [0.2, 0.25) is 5.88 Å². The molecule has 0 spiro atoms. The Bertz CT molecular complexity index is 406. The van der Waals surface area contributed by atoms with Gasteiger partial charge in [-0.1, -0.05) is 13.8 Å². The van der Waals surface area contributed by atoms with E-state index in [1.54, 1.807) is 7.11 Å². The van der Waals surface area contributed by atoms with Crippen LogP contribution in [0.4, 0.5) is 11.5 Å². The second kappa shape index (κ2) is 7.13. The Morgan fingerprint density at radius 2 is 2.00 bits per heavy atom. The van der Waals surface area contributed by atoms with E-state index in [1.165, 1.54) is 0 Å². The smallest absolute Gasteiger partial charge is 0.242 e. The highest BCUT2D eigenvalue weighted by molar-refractivity contribution is 5.66. The molecule has 0 atom stereocenters. The SMILES string of the molecule is COc1nc(CC(C)C)nc(NCCN(C)C)c1N. The third kappa shape index (κ3) is 4.90. The quantitative estimate of drug-likeness (QED) is 0.774. The van der Waals surface area contributed by atoms with Gasteiger partial charge in [0.25, 0.3) is 0 Å². The predicted molar refractivity (Wildman–Crippen MR) is 78.6 cm³/mol. The average molecular weight is 267 g/mol. The fourth-order valence-corrected chi connectivity index (χ4v) is 1.64. The van der Waals surface area contributed by atoms with Crippen LogP contribution in [-0.4, -0.2) is 49.2 Å². The number of nitrogens with two attached hydrogens (primary N) is 1. The van der Waals surface area contributed by atoms with Crippen molar-refractivity contribution in [1.29, 1.82) is 0 Å². The first kappa shape index (κ1) is 15.5. The number of nitrogen functional groups attached to an aromatic ring is 1. The Hall–Kier alpha value is -1.56. The van der Waals surface area contributed by atoms with Gasteiger partial charge in [-0.25, -0.2) is 4.98 Å². The molecule has 1 rings (SSSR count). The topological polar surface area (TPSA) is 76.3 Å². The van der Waals surface area contributed by atoms with Crippen LogP contribution in [0.15, 0.2) is 0 Å². The van der Waals surface area contributed by atoms with Crippen molar-refractivity contribution in [2.75, 3.05) is 45.3 Å². The predicted octanol–water partition coefficient (Wildman–Crippen LogP) is 1.24. The van der Waals surface area contributed by atoms with Gasteiger partial charge in [0.1, 0.15) is 11.5 Å². The molecule has 1 aromatic rings. The highest BCUT2D eigenvalue weighted by atomic mass is 16.5. The molecule has 0 aliphatic rings. The molecule has 0 aliphatic carbocycles. The molecule has 0 fully saturated rings. The third-order valence-corrected chi connectivity index (χ3v) is 2.59. The van der Waals surface area contributed by atoms with Gasteiger partial charge in [-0.15, -0.1) is 0 Å². The van der Waals surface area contributed by atoms with E-state index in [4.69, 9.17) is 10.5 Å². The maximum atomic E-state index is 5.98. The first-order valence-electron chi connectivity index (χ1n) is 6.53. The summed E-state index contributed by atoms with van der Waals surface area (Å²) in [6.07, 6.45) is 0.805. The molecule has 6 nitrogen and oxygen atoms in total. The lowest BCUT2D eigenvalue weighted by atomic mass is 10.1. The van der Waals surface area contributed by atoms with Crippen LogP contribution in [0, 0.1) is 5.92 Å². The zero-order valence-corrected chi connectivity index (χ0v) is 12.5. The van der Waals surface area contributed by atoms with Crippen molar-refractivity contribution in [1.82, 2.24) is 14.9 Å². The third-order valence-electron chi connectivity index (χ3n) is 2.59. The highest BCUT2D eigenvalue weighted by Gasteiger charge is 2.13. The molecule has 0 bridgehead atoms. The normalized spacial score (nSPS) is 11.1. The standard InChI is InChI=1S/C13H25N5O/c1-9(2)8-10-16-12(15-6-7-18(3)4)11(14)13(17-10)19-5/h9H,6-8,14H2,1-5H3,(H,15,16,17). The average Bonchev–Trinajstić information content (AvgIpc) is 2.31. The summed E-state index contributed by atoms with van der Waals surface area (Å²) in [7, 11) is 5.62. The molecule has 0 aliphatic heterocycles. The maximum absolute atomic E-state index is 5.98. The van der Waals surface area contributed by atoms with E-state index in [1.807, 2.05) is 14.1 Å². The first-order valence-corrected chi connectivity index (χ1v) is 6.53. The molecule has 1 heterocycles. The van der Waals surface area contributed by atoms with Gasteiger partial charge < -0.3 is 20.7 Å². The Balaban J connectivity index is 2.87. The number of nitrogens with one attached hydrogen (secondary N) is 1. The van der Waals surface area contributed by atoms with Crippen molar-refractivity contribution in [3.8, 4) is 5.88 Å². The van der Waals surface area contributed by atoms with Crippen LogP contribution in [0.2, 0.25) is 0 Å². The number of rotatable bonds is 7. The summed E-state index contributed by atoms with van der Waals surface area (Å²) >= 11 is 0. The molecule has 19 heavy (non-hydrogen) atoms. The van der Waals surface area contributed by atoms with Crippen LogP contribution in [0.25, 0.3) is 0 Å². The summed E-state index contributed by atoms with van der Waals surface area (Å²) in [5, 5.41) is 3.23. The van der Waals surface area contributed by atoms with Crippen molar-refractivity contribution in [2.24, 2.45) is 5.92 Å². The molecule has 0 radical (unpaired) electrons. The Kier molecular flexibility index (Phi) is 5.82. The Morgan fingerprint density at radius 3 is 2.53 bits per heavy atom. The van der Waals surface area contributed by atoms with Crippen LogP contribution in [0.3, 0.4) is 0 Å². The lowest BCUT2D eigenvalue weighted by molar-refractivity contribution is 0.396. The second-order valence-corrected chi connectivity index (χ2v) is 5.24. The Morgan fingerprint density at radius 1 is 1.32 bits per heavy atom. The molecular formula is C13H25N5O. The zero-order valence-electron chi connectivity index (χ0n) is 12.5. The van der Waals surface area contributed by atoms with E-state index < -0.39 is 0 Å². The van der Waals surface area contributed by atoms with E-state index in [0.29, 0.717) is 23.3 Å². The van der Waals surface area contributed by atoms with Crippen LogP contribution in [0.5, 0.6) is 5.88 Å². The van der Waals surface area contributed by atoms with Gasteiger partial charge in [-0.05, 0) is 20.0 Å². The maximum Gasteiger partial charge on any atom is 0.242 e. The summed E-state index contributed by atoms with van der Waals surface area (Å²) in [5.74, 6) is 2.35. The van der Waals surface area contributed by atoms with Crippen molar-refractivity contribution in [3.05, 3.63) is 5.82 Å². The fraction of sp³-hybridized carbons (Fsp3) is 0.692. The molecule has 1 aromatic heterocycles. The number of anilines is 2. The minimum absolute atomic E-state index is 0.443. The summed E-state index contributed by atoms with van der Waals surface area (Å²) in [6.45, 7) is 5.94. The van der Waals surface area contributed by atoms with Gasteiger partial charge in [0.15, 0.2) is 5.82 Å². The van der Waals surface area contributed by atoms with Crippen LogP contribution >= 0.6 is 0 Å². The van der Waals surface area contributed by atoms with E-state index in [0.717, 1.165) is 25.3 Å². The van der Waals surface area contributed by atoms with Crippen LogP contribution < -0.4 is 15.8 Å². The molecule has 6 heteroatoms. The second-order valence-electron chi connectivity index (χ2n) is 5.24. The number of hydrogen-bond acceptors (Lipinski definition) is 6. The molecule has 0 saturated carbocycles. The lowest BCUT2D eigenvalue weighted by Crippen LogP contribution is -2.22. The summed E-state index contributed by atoms with van der Waals surface area (Å²) in [5.41, 5.74) is 6.45. The lowest BCUT2D eigenvalue weighted by Gasteiger charge is -2.15. The van der Waals surface area contributed by atoms with E-state index >= 15 is 0 Å². The molecule has 0 unspecified atom stereocenters. The van der Waals surface area contributed by atoms with E-state index in [2.05, 4.69) is 34.0 Å². The number of ether oxygens (including phenoxy) is 1. The fourth-order valence-electron chi connectivity index (χ4n) is 1.64. The molecule has 0 saturated heterocycles. The van der Waals surface area contributed by atoms with Gasteiger partial charge in [0.05, 0.1) is 7.11 Å².